The van der Waals surface area contributed by atoms with Crippen LogP contribution in [0, 0.1) is 13.8 Å². The van der Waals surface area contributed by atoms with E-state index in [9.17, 15) is 0 Å². The molecule has 27 heavy (non-hydrogen) atoms. The summed E-state index contributed by atoms with van der Waals surface area (Å²) in [6.07, 6.45) is 0. The lowest BCUT2D eigenvalue weighted by molar-refractivity contribution is 0.227. The molecule has 0 atom stereocenters. The first kappa shape index (κ1) is 17.6. The zero-order valence-electron chi connectivity index (χ0n) is 15.9. The largest absolute Gasteiger partial charge is 0.497 e. The molecule has 142 valence electrons. The lowest BCUT2D eigenvalue weighted by Gasteiger charge is -2.35. The highest BCUT2D eigenvalue weighted by molar-refractivity contribution is 5.55. The Morgan fingerprint density at radius 3 is 2.56 bits per heavy atom. The van der Waals surface area contributed by atoms with Crippen LogP contribution in [0.1, 0.15) is 17.4 Å². The topological polar surface area (TPSA) is 67.8 Å². The Hall–Kier alpha value is -2.80. The molecule has 2 aromatic heterocycles. The summed E-state index contributed by atoms with van der Waals surface area (Å²) >= 11 is 0. The second-order valence-corrected chi connectivity index (χ2v) is 6.79. The number of hydrogen-bond acceptors (Lipinski definition) is 7. The monoisotopic (exact) mass is 368 g/mol. The molecule has 7 heteroatoms. The van der Waals surface area contributed by atoms with E-state index in [4.69, 9.17) is 13.6 Å². The molecule has 1 aromatic carbocycles. The van der Waals surface area contributed by atoms with Crippen molar-refractivity contribution >= 4 is 5.69 Å². The fourth-order valence-electron chi connectivity index (χ4n) is 3.43. The zero-order valence-corrected chi connectivity index (χ0v) is 15.9. The van der Waals surface area contributed by atoms with Crippen molar-refractivity contribution in [2.75, 3.05) is 38.2 Å². The zero-order chi connectivity index (χ0) is 18.8. The van der Waals surface area contributed by atoms with Gasteiger partial charge in [-0.2, -0.15) is 0 Å². The predicted molar refractivity (Wildman–Crippen MR) is 102 cm³/mol. The lowest BCUT2D eigenvalue weighted by Crippen LogP contribution is -2.46. The maximum Gasteiger partial charge on any atom is 0.251 e. The summed E-state index contributed by atoms with van der Waals surface area (Å²) < 4.78 is 16.7. The molecule has 4 rings (SSSR count). The first-order valence-electron chi connectivity index (χ1n) is 9.13. The molecular weight excluding hydrogens is 344 g/mol. The van der Waals surface area contributed by atoms with Gasteiger partial charge in [0.15, 0.2) is 0 Å². The van der Waals surface area contributed by atoms with Crippen LogP contribution in [0.3, 0.4) is 0 Å². The maximum absolute atomic E-state index is 5.85. The van der Waals surface area contributed by atoms with Crippen LogP contribution >= 0.6 is 0 Å². The Balaban J connectivity index is 1.36. The standard InChI is InChI=1S/C20H24N4O3/c1-14-11-18(15(2)26-14)20-22-21-19(27-20)13-23-7-9-24(10-8-23)16-5-4-6-17(12-16)25-3/h4-6,11-12H,7-10,13H2,1-3H3. The van der Waals surface area contributed by atoms with E-state index < -0.39 is 0 Å². The lowest BCUT2D eigenvalue weighted by atomic mass is 10.2. The van der Waals surface area contributed by atoms with Crippen molar-refractivity contribution in [3.8, 4) is 17.2 Å². The fraction of sp³-hybridized carbons (Fsp3) is 0.400. The maximum atomic E-state index is 5.85. The van der Waals surface area contributed by atoms with Crippen molar-refractivity contribution < 1.29 is 13.6 Å². The minimum atomic E-state index is 0.523. The Labute approximate surface area is 158 Å². The number of aromatic nitrogens is 2. The molecule has 3 aromatic rings. The highest BCUT2D eigenvalue weighted by atomic mass is 16.5. The molecule has 0 saturated carbocycles. The van der Waals surface area contributed by atoms with Crippen molar-refractivity contribution in [3.63, 3.8) is 0 Å². The third kappa shape index (κ3) is 3.83. The SMILES string of the molecule is COc1cccc(N2CCN(Cc3nnc(-c4cc(C)oc4C)o3)CC2)c1. The van der Waals surface area contributed by atoms with E-state index >= 15 is 0 Å². The minimum absolute atomic E-state index is 0.523. The number of benzene rings is 1. The minimum Gasteiger partial charge on any atom is -0.497 e. The predicted octanol–water partition coefficient (Wildman–Crippen LogP) is 3.28. The van der Waals surface area contributed by atoms with Gasteiger partial charge in [-0.05, 0) is 32.0 Å². The van der Waals surface area contributed by atoms with Gasteiger partial charge in [0, 0.05) is 37.9 Å². The molecule has 3 heterocycles. The fourth-order valence-corrected chi connectivity index (χ4v) is 3.43. The molecule has 1 aliphatic rings. The van der Waals surface area contributed by atoms with Gasteiger partial charge in [-0.1, -0.05) is 6.07 Å². The van der Waals surface area contributed by atoms with Gasteiger partial charge in [-0.3, -0.25) is 4.90 Å². The third-order valence-electron chi connectivity index (χ3n) is 4.89. The highest BCUT2D eigenvalue weighted by Gasteiger charge is 2.21. The first-order chi connectivity index (χ1) is 13.1. The number of piperazine rings is 1. The van der Waals surface area contributed by atoms with E-state index in [1.807, 2.05) is 32.0 Å². The Kier molecular flexibility index (Phi) is 4.85. The molecule has 1 aliphatic heterocycles. The van der Waals surface area contributed by atoms with Gasteiger partial charge < -0.3 is 18.5 Å². The van der Waals surface area contributed by atoms with Gasteiger partial charge in [-0.25, -0.2) is 0 Å². The van der Waals surface area contributed by atoms with Crippen molar-refractivity contribution in [2.24, 2.45) is 0 Å². The Morgan fingerprint density at radius 1 is 1.04 bits per heavy atom. The van der Waals surface area contributed by atoms with Crippen LogP contribution in [0.4, 0.5) is 5.69 Å². The van der Waals surface area contributed by atoms with Gasteiger partial charge in [0.25, 0.3) is 5.89 Å². The molecule has 1 saturated heterocycles. The molecule has 0 N–H and O–H groups in total. The smallest absolute Gasteiger partial charge is 0.251 e. The van der Waals surface area contributed by atoms with Crippen molar-refractivity contribution in [3.05, 3.63) is 47.7 Å². The number of aryl methyl sites for hydroxylation is 2. The summed E-state index contributed by atoms with van der Waals surface area (Å²) in [6.45, 7) is 8.27. The van der Waals surface area contributed by atoms with Crippen LogP contribution < -0.4 is 9.64 Å². The number of furan rings is 1. The molecule has 0 radical (unpaired) electrons. The van der Waals surface area contributed by atoms with E-state index in [1.54, 1.807) is 7.11 Å². The van der Waals surface area contributed by atoms with Crippen molar-refractivity contribution in [1.82, 2.24) is 15.1 Å². The molecule has 7 nitrogen and oxygen atoms in total. The van der Waals surface area contributed by atoms with Gasteiger partial charge in [0.2, 0.25) is 5.89 Å². The normalized spacial score (nSPS) is 15.3. The van der Waals surface area contributed by atoms with Crippen molar-refractivity contribution in [2.45, 2.75) is 20.4 Å². The number of rotatable bonds is 5. The summed E-state index contributed by atoms with van der Waals surface area (Å²) in [7, 11) is 1.70. The number of hydrogen-bond donors (Lipinski definition) is 0. The average molecular weight is 368 g/mol. The summed E-state index contributed by atoms with van der Waals surface area (Å²) in [5.74, 6) is 3.69. The quantitative estimate of drug-likeness (QED) is 0.684. The molecule has 0 aliphatic carbocycles. The van der Waals surface area contributed by atoms with Gasteiger partial charge in [-0.15, -0.1) is 10.2 Å². The third-order valence-corrected chi connectivity index (χ3v) is 4.89. The number of ether oxygens (including phenoxy) is 1. The van der Waals surface area contributed by atoms with E-state index in [0.717, 1.165) is 49.0 Å². The second kappa shape index (κ2) is 7.44. The van der Waals surface area contributed by atoms with E-state index in [-0.39, 0.29) is 0 Å². The van der Waals surface area contributed by atoms with Crippen LogP contribution in [-0.4, -0.2) is 48.4 Å². The highest BCUT2D eigenvalue weighted by Crippen LogP contribution is 2.26. The van der Waals surface area contributed by atoms with E-state index in [2.05, 4.69) is 32.1 Å². The summed E-state index contributed by atoms with van der Waals surface area (Å²) in [4.78, 5) is 4.71. The van der Waals surface area contributed by atoms with E-state index in [1.165, 1.54) is 5.69 Å². The molecule has 0 bridgehead atoms. The van der Waals surface area contributed by atoms with Crippen LogP contribution in [0.2, 0.25) is 0 Å². The second-order valence-electron chi connectivity index (χ2n) is 6.79. The Morgan fingerprint density at radius 2 is 1.85 bits per heavy atom. The van der Waals surface area contributed by atoms with Crippen LogP contribution in [-0.2, 0) is 6.54 Å². The summed E-state index contributed by atoms with van der Waals surface area (Å²) in [5, 5.41) is 8.39. The number of methoxy groups -OCH3 is 1. The molecule has 0 spiro atoms. The molecular formula is C20H24N4O3. The van der Waals surface area contributed by atoms with Gasteiger partial charge in [0.1, 0.15) is 17.3 Å². The molecule has 0 unspecified atom stereocenters. The number of anilines is 1. The molecule has 0 amide bonds. The van der Waals surface area contributed by atoms with Gasteiger partial charge in [0.05, 0.1) is 19.2 Å². The first-order valence-corrected chi connectivity index (χ1v) is 9.13. The van der Waals surface area contributed by atoms with Crippen LogP contribution in [0.5, 0.6) is 5.75 Å². The average Bonchev–Trinajstić information content (AvgIpc) is 3.28. The van der Waals surface area contributed by atoms with Crippen LogP contribution in [0.25, 0.3) is 11.5 Å². The number of nitrogens with zero attached hydrogens (tertiary/aromatic N) is 4. The van der Waals surface area contributed by atoms with Crippen molar-refractivity contribution in [1.29, 1.82) is 0 Å². The Bertz CT molecular complexity index is 910. The van der Waals surface area contributed by atoms with Gasteiger partial charge >= 0.3 is 0 Å². The summed E-state index contributed by atoms with van der Waals surface area (Å²) in [6, 6.07) is 10.1. The van der Waals surface area contributed by atoms with Crippen LogP contribution in [0.15, 0.2) is 39.2 Å². The van der Waals surface area contributed by atoms with E-state index in [0.29, 0.717) is 18.3 Å². The summed E-state index contributed by atoms with van der Waals surface area (Å²) in [5.41, 5.74) is 2.06. The molecule has 1 fully saturated rings.